The van der Waals surface area contributed by atoms with Crippen molar-refractivity contribution in [2.75, 3.05) is 5.75 Å². The van der Waals surface area contributed by atoms with Crippen molar-refractivity contribution >= 4 is 39.2 Å². The number of carbonyl (C=O) groups excluding carboxylic acids is 1. The van der Waals surface area contributed by atoms with Crippen molar-refractivity contribution in [3.63, 3.8) is 0 Å². The maximum Gasteiger partial charge on any atom is 0.230 e. The number of nitrogens with one attached hydrogen (secondary N) is 1. The Morgan fingerprint density at radius 3 is 2.87 bits per heavy atom. The van der Waals surface area contributed by atoms with Gasteiger partial charge in [-0.25, -0.2) is 9.97 Å². The first-order chi connectivity index (χ1) is 11.1. The molecule has 3 rings (SSSR count). The molecule has 0 spiro atoms. The number of aryl methyl sites for hydroxylation is 2. The van der Waals surface area contributed by atoms with Gasteiger partial charge in [-0.15, -0.1) is 11.3 Å². The fraction of sp³-hybridized carbons (Fsp3) is 0.588. The molecule has 0 radical (unpaired) electrons. The molecule has 4 nitrogen and oxygen atoms in total. The van der Waals surface area contributed by atoms with Gasteiger partial charge < -0.3 is 5.32 Å². The van der Waals surface area contributed by atoms with Crippen molar-refractivity contribution in [1.82, 2.24) is 15.3 Å². The van der Waals surface area contributed by atoms with Gasteiger partial charge in [0.25, 0.3) is 0 Å². The van der Waals surface area contributed by atoms with E-state index in [0.29, 0.717) is 11.7 Å². The van der Waals surface area contributed by atoms with Gasteiger partial charge in [-0.3, -0.25) is 4.79 Å². The molecular formula is C17H23N3OS2. The van der Waals surface area contributed by atoms with Crippen LogP contribution in [0.15, 0.2) is 11.4 Å². The van der Waals surface area contributed by atoms with Crippen LogP contribution in [0, 0.1) is 5.92 Å². The highest BCUT2D eigenvalue weighted by Crippen LogP contribution is 2.39. The molecule has 124 valence electrons. The van der Waals surface area contributed by atoms with E-state index >= 15 is 0 Å². The summed E-state index contributed by atoms with van der Waals surface area (Å²) in [6.07, 6.45) is 6.41. The van der Waals surface area contributed by atoms with Crippen molar-refractivity contribution in [2.24, 2.45) is 5.92 Å². The Labute approximate surface area is 145 Å². The highest BCUT2D eigenvalue weighted by Gasteiger charge is 2.20. The summed E-state index contributed by atoms with van der Waals surface area (Å²) in [6.45, 7) is 6.28. The lowest BCUT2D eigenvalue weighted by atomic mass is 9.97. The number of aromatic nitrogens is 2. The molecule has 1 aliphatic carbocycles. The highest BCUT2D eigenvalue weighted by molar-refractivity contribution is 8.00. The minimum Gasteiger partial charge on any atom is -0.353 e. The maximum absolute atomic E-state index is 12.1. The van der Waals surface area contributed by atoms with E-state index in [2.05, 4.69) is 29.1 Å². The molecule has 1 unspecified atom stereocenters. The number of thiophene rings is 1. The molecule has 0 bridgehead atoms. The Morgan fingerprint density at radius 2 is 2.09 bits per heavy atom. The normalized spacial score (nSPS) is 15.7. The zero-order valence-corrected chi connectivity index (χ0v) is 15.5. The Morgan fingerprint density at radius 1 is 1.30 bits per heavy atom. The molecule has 1 N–H and O–H groups in total. The molecule has 0 aliphatic heterocycles. The van der Waals surface area contributed by atoms with Gasteiger partial charge in [0.2, 0.25) is 5.91 Å². The van der Waals surface area contributed by atoms with E-state index in [4.69, 9.17) is 0 Å². The number of carbonyl (C=O) groups is 1. The van der Waals surface area contributed by atoms with Crippen LogP contribution >= 0.6 is 23.1 Å². The van der Waals surface area contributed by atoms with E-state index in [1.165, 1.54) is 40.4 Å². The van der Waals surface area contributed by atoms with Gasteiger partial charge >= 0.3 is 0 Å². The third kappa shape index (κ3) is 3.69. The minimum absolute atomic E-state index is 0.0760. The van der Waals surface area contributed by atoms with Gasteiger partial charge in [0, 0.05) is 16.3 Å². The van der Waals surface area contributed by atoms with Crippen molar-refractivity contribution in [1.29, 1.82) is 0 Å². The number of hydrogen-bond acceptors (Lipinski definition) is 5. The van der Waals surface area contributed by atoms with Gasteiger partial charge in [-0.1, -0.05) is 25.6 Å². The van der Waals surface area contributed by atoms with Crippen molar-refractivity contribution in [3.05, 3.63) is 16.8 Å². The summed E-state index contributed by atoms with van der Waals surface area (Å²) in [5.41, 5.74) is 1.43. The molecule has 2 aromatic rings. The second-order valence-corrected chi connectivity index (χ2v) is 8.51. The number of nitrogens with zero attached hydrogens (tertiary/aromatic N) is 2. The Hall–Kier alpha value is -1.14. The SMILES string of the molecule is CC(C)C(C)NC(=O)CSc1ncnc2sc3c(c12)CCCC3. The number of hydrogen-bond donors (Lipinski definition) is 1. The van der Waals surface area contributed by atoms with Crippen molar-refractivity contribution < 1.29 is 4.79 Å². The Bertz CT molecular complexity index is 711. The van der Waals surface area contributed by atoms with E-state index in [9.17, 15) is 4.79 Å². The van der Waals surface area contributed by atoms with Crippen molar-refractivity contribution in [3.8, 4) is 0 Å². The first-order valence-electron chi connectivity index (χ1n) is 8.23. The number of amides is 1. The molecule has 0 aromatic carbocycles. The molecule has 23 heavy (non-hydrogen) atoms. The molecule has 1 aliphatic rings. The van der Waals surface area contributed by atoms with Gasteiger partial charge in [-0.05, 0) is 44.1 Å². The predicted octanol–water partition coefficient (Wildman–Crippen LogP) is 3.82. The van der Waals surface area contributed by atoms with Gasteiger partial charge in [0.15, 0.2) is 0 Å². The molecule has 0 fully saturated rings. The lowest BCUT2D eigenvalue weighted by Crippen LogP contribution is -2.37. The highest BCUT2D eigenvalue weighted by atomic mass is 32.2. The molecule has 1 amide bonds. The molecular weight excluding hydrogens is 326 g/mol. The van der Waals surface area contributed by atoms with Crippen LogP contribution in [-0.2, 0) is 17.6 Å². The maximum atomic E-state index is 12.1. The quantitative estimate of drug-likeness (QED) is 0.658. The summed E-state index contributed by atoms with van der Waals surface area (Å²) in [4.78, 5) is 23.6. The van der Waals surface area contributed by atoms with Gasteiger partial charge in [0.1, 0.15) is 16.2 Å². The fourth-order valence-electron chi connectivity index (χ4n) is 2.77. The predicted molar refractivity (Wildman–Crippen MR) is 97.2 cm³/mol. The largest absolute Gasteiger partial charge is 0.353 e. The molecule has 0 saturated carbocycles. The van der Waals surface area contributed by atoms with Crippen LogP contribution in [0.5, 0.6) is 0 Å². The monoisotopic (exact) mass is 349 g/mol. The molecule has 2 heterocycles. The van der Waals surface area contributed by atoms with Crippen LogP contribution in [0.2, 0.25) is 0 Å². The minimum atomic E-state index is 0.0760. The van der Waals surface area contributed by atoms with Gasteiger partial charge in [-0.2, -0.15) is 0 Å². The second kappa shape index (κ2) is 7.18. The smallest absolute Gasteiger partial charge is 0.230 e. The van der Waals surface area contributed by atoms with Gasteiger partial charge in [0.05, 0.1) is 5.75 Å². The Kier molecular flexibility index (Phi) is 5.21. The Balaban J connectivity index is 1.75. The summed E-state index contributed by atoms with van der Waals surface area (Å²) in [6, 6.07) is 0.197. The third-order valence-corrected chi connectivity index (χ3v) is 6.63. The lowest BCUT2D eigenvalue weighted by molar-refractivity contribution is -0.119. The molecule has 1 atom stereocenters. The first kappa shape index (κ1) is 16.7. The second-order valence-electron chi connectivity index (χ2n) is 6.46. The number of fused-ring (bicyclic) bond motifs is 3. The lowest BCUT2D eigenvalue weighted by Gasteiger charge is -2.17. The van der Waals surface area contributed by atoms with Crippen LogP contribution < -0.4 is 5.32 Å². The third-order valence-electron chi connectivity index (χ3n) is 4.45. The van der Waals surface area contributed by atoms with E-state index < -0.39 is 0 Å². The summed E-state index contributed by atoms with van der Waals surface area (Å²) in [7, 11) is 0. The zero-order valence-electron chi connectivity index (χ0n) is 13.9. The van der Waals surface area contributed by atoms with Crippen LogP contribution in [-0.4, -0.2) is 27.7 Å². The van der Waals surface area contributed by atoms with Crippen molar-refractivity contribution in [2.45, 2.75) is 57.5 Å². The van der Waals surface area contributed by atoms with E-state index in [1.54, 1.807) is 17.7 Å². The molecule has 2 aromatic heterocycles. The number of rotatable bonds is 5. The van der Waals surface area contributed by atoms with Crippen LogP contribution in [0.3, 0.4) is 0 Å². The average Bonchev–Trinajstić information content (AvgIpc) is 2.91. The van der Waals surface area contributed by atoms with Crippen LogP contribution in [0.4, 0.5) is 0 Å². The summed E-state index contributed by atoms with van der Waals surface area (Å²) in [5, 5.41) is 5.21. The topological polar surface area (TPSA) is 54.9 Å². The van der Waals surface area contributed by atoms with E-state index in [-0.39, 0.29) is 11.9 Å². The van der Waals surface area contributed by atoms with Crippen LogP contribution in [0.1, 0.15) is 44.1 Å². The summed E-state index contributed by atoms with van der Waals surface area (Å²) >= 11 is 3.33. The zero-order chi connectivity index (χ0) is 16.4. The standard InChI is InChI=1S/C17H23N3OS2/c1-10(2)11(3)20-14(21)8-22-16-15-12-6-4-5-7-13(12)23-17(15)19-9-18-16/h9-11H,4-8H2,1-3H3,(H,20,21). The van der Waals surface area contributed by atoms with E-state index in [0.717, 1.165) is 22.7 Å². The summed E-state index contributed by atoms with van der Waals surface area (Å²) < 4.78 is 0. The number of thioether (sulfide) groups is 1. The fourth-order valence-corrected chi connectivity index (χ4v) is 4.90. The first-order valence-corrected chi connectivity index (χ1v) is 10.0. The average molecular weight is 350 g/mol. The molecule has 0 saturated heterocycles. The molecule has 6 heteroatoms. The van der Waals surface area contributed by atoms with E-state index in [1.807, 2.05) is 6.92 Å². The summed E-state index contributed by atoms with van der Waals surface area (Å²) in [5.74, 6) is 0.930. The van der Waals surface area contributed by atoms with Crippen LogP contribution in [0.25, 0.3) is 10.2 Å².